The average Bonchev–Trinajstić information content (AvgIpc) is 2.64. The summed E-state index contributed by atoms with van der Waals surface area (Å²) < 4.78 is 2.28. The fraction of sp³-hybridized carbons (Fsp3) is 0.111. The van der Waals surface area contributed by atoms with E-state index < -0.39 is 11.2 Å². The van der Waals surface area contributed by atoms with Crippen LogP contribution in [-0.4, -0.2) is 20.0 Å². The molecule has 0 saturated heterocycles. The molecule has 1 aromatic carbocycles. The average molecular weight is 371 g/mol. The van der Waals surface area contributed by atoms with Gasteiger partial charge in [0.05, 0.1) is 17.3 Å². The van der Waals surface area contributed by atoms with Crippen molar-refractivity contribution in [2.45, 2.75) is 0 Å². The molecule has 8 heteroatoms. The molecule has 0 aliphatic heterocycles. The fourth-order valence-electron chi connectivity index (χ4n) is 2.46. The van der Waals surface area contributed by atoms with E-state index in [1.165, 1.54) is 37.0 Å². The van der Waals surface area contributed by atoms with E-state index in [0.29, 0.717) is 10.7 Å². The number of aryl methyl sites for hydroxylation is 1. The summed E-state index contributed by atoms with van der Waals surface area (Å²) in [6.45, 7) is 0. The Labute approximate surface area is 153 Å². The van der Waals surface area contributed by atoms with E-state index in [1.807, 2.05) is 0 Å². The Bertz CT molecular complexity index is 1140. The summed E-state index contributed by atoms with van der Waals surface area (Å²) in [5, 5.41) is 3.51. The lowest BCUT2D eigenvalue weighted by molar-refractivity contribution is -0.111. The van der Waals surface area contributed by atoms with Gasteiger partial charge in [-0.3, -0.25) is 18.7 Å². The van der Waals surface area contributed by atoms with Crippen LogP contribution in [0.5, 0.6) is 0 Å². The second kappa shape index (κ2) is 6.97. The number of nitrogens with zero attached hydrogens (tertiary/aromatic N) is 3. The van der Waals surface area contributed by atoms with Gasteiger partial charge in [0.1, 0.15) is 5.65 Å². The van der Waals surface area contributed by atoms with E-state index in [9.17, 15) is 14.4 Å². The van der Waals surface area contributed by atoms with Crippen LogP contribution in [0.1, 0.15) is 5.56 Å². The minimum atomic E-state index is -0.469. The van der Waals surface area contributed by atoms with Gasteiger partial charge in [0, 0.05) is 25.2 Å². The predicted octanol–water partition coefficient (Wildman–Crippen LogP) is 1.94. The van der Waals surface area contributed by atoms with Gasteiger partial charge in [-0.2, -0.15) is 0 Å². The molecule has 0 atom stereocenters. The Kier molecular flexibility index (Phi) is 4.73. The van der Waals surface area contributed by atoms with Crippen LogP contribution in [0, 0.1) is 0 Å². The van der Waals surface area contributed by atoms with Gasteiger partial charge in [-0.05, 0) is 29.8 Å². The number of benzene rings is 1. The lowest BCUT2D eigenvalue weighted by Crippen LogP contribution is -2.37. The first-order valence-electron chi connectivity index (χ1n) is 7.67. The molecule has 1 amide bonds. The number of hydrogen-bond acceptors (Lipinski definition) is 4. The van der Waals surface area contributed by atoms with Crippen LogP contribution in [0.2, 0.25) is 5.02 Å². The lowest BCUT2D eigenvalue weighted by Gasteiger charge is -2.08. The summed E-state index contributed by atoms with van der Waals surface area (Å²) in [6.07, 6.45) is 4.41. The number of aromatic nitrogens is 3. The minimum absolute atomic E-state index is 0.245. The van der Waals surface area contributed by atoms with E-state index in [1.54, 1.807) is 30.3 Å². The molecule has 3 rings (SSSR count). The van der Waals surface area contributed by atoms with E-state index in [2.05, 4.69) is 10.3 Å². The van der Waals surface area contributed by atoms with Crippen LogP contribution in [0.3, 0.4) is 0 Å². The number of rotatable bonds is 3. The number of hydrogen-bond donors (Lipinski definition) is 1. The Morgan fingerprint density at radius 2 is 1.85 bits per heavy atom. The Balaban J connectivity index is 1.87. The number of anilines is 1. The van der Waals surface area contributed by atoms with Crippen molar-refractivity contribution >= 4 is 40.3 Å². The van der Waals surface area contributed by atoms with Gasteiger partial charge in [-0.25, -0.2) is 9.78 Å². The Morgan fingerprint density at radius 3 is 2.54 bits per heavy atom. The number of fused-ring (bicyclic) bond motifs is 1. The van der Waals surface area contributed by atoms with Crippen molar-refractivity contribution in [3.05, 3.63) is 74.0 Å². The number of carbonyl (C=O) groups is 1. The van der Waals surface area contributed by atoms with E-state index >= 15 is 0 Å². The highest BCUT2D eigenvalue weighted by molar-refractivity contribution is 6.30. The molecule has 0 bridgehead atoms. The zero-order valence-corrected chi connectivity index (χ0v) is 14.8. The molecule has 0 spiro atoms. The Hall–Kier alpha value is -3.19. The molecule has 0 saturated carbocycles. The molecule has 1 N–H and O–H groups in total. The van der Waals surface area contributed by atoms with Gasteiger partial charge in [0.15, 0.2) is 0 Å². The maximum Gasteiger partial charge on any atom is 0.332 e. The topological polar surface area (TPSA) is 86.0 Å². The first-order chi connectivity index (χ1) is 12.4. The van der Waals surface area contributed by atoms with Crippen LogP contribution >= 0.6 is 11.6 Å². The summed E-state index contributed by atoms with van der Waals surface area (Å²) in [6, 6.07) is 8.53. The molecule has 0 aliphatic rings. The summed E-state index contributed by atoms with van der Waals surface area (Å²) in [5.41, 5.74) is 0.512. The van der Waals surface area contributed by atoms with Crippen LogP contribution in [0.25, 0.3) is 17.1 Å². The zero-order valence-electron chi connectivity index (χ0n) is 14.1. The molecule has 2 aromatic heterocycles. The van der Waals surface area contributed by atoms with Gasteiger partial charge < -0.3 is 5.32 Å². The summed E-state index contributed by atoms with van der Waals surface area (Å²) in [4.78, 5) is 40.3. The summed E-state index contributed by atoms with van der Waals surface area (Å²) in [7, 11) is 2.93. The zero-order chi connectivity index (χ0) is 18.8. The predicted molar refractivity (Wildman–Crippen MR) is 101 cm³/mol. The smallest absolute Gasteiger partial charge is 0.321 e. The second-order valence-corrected chi connectivity index (χ2v) is 6.11. The highest BCUT2D eigenvalue weighted by Crippen LogP contribution is 2.13. The molecule has 0 unspecified atom stereocenters. The number of halogens is 1. The number of pyridine rings is 1. The monoisotopic (exact) mass is 370 g/mol. The minimum Gasteiger partial charge on any atom is -0.321 e. The molecule has 0 aliphatic carbocycles. The van der Waals surface area contributed by atoms with Crippen molar-refractivity contribution in [1.82, 2.24) is 14.1 Å². The van der Waals surface area contributed by atoms with Gasteiger partial charge in [0.2, 0.25) is 5.91 Å². The van der Waals surface area contributed by atoms with Crippen molar-refractivity contribution in [2.75, 3.05) is 5.32 Å². The Morgan fingerprint density at radius 1 is 1.15 bits per heavy atom. The van der Waals surface area contributed by atoms with E-state index in [0.717, 1.165) is 10.1 Å². The van der Waals surface area contributed by atoms with Gasteiger partial charge >= 0.3 is 5.69 Å². The van der Waals surface area contributed by atoms with E-state index in [-0.39, 0.29) is 16.9 Å². The SMILES string of the molecule is Cn1c(=O)c2cc(NC(=O)/C=C/c3ccc(Cl)cc3)cnc2n(C)c1=O. The third-order valence-electron chi connectivity index (χ3n) is 3.86. The summed E-state index contributed by atoms with van der Waals surface area (Å²) >= 11 is 5.82. The van der Waals surface area contributed by atoms with E-state index in [4.69, 9.17) is 11.6 Å². The molecule has 3 aromatic rings. The van der Waals surface area contributed by atoms with Crippen molar-refractivity contribution in [3.63, 3.8) is 0 Å². The van der Waals surface area contributed by atoms with Crippen LogP contribution in [0.15, 0.2) is 52.2 Å². The first-order valence-corrected chi connectivity index (χ1v) is 8.05. The molecule has 2 heterocycles. The highest BCUT2D eigenvalue weighted by atomic mass is 35.5. The lowest BCUT2D eigenvalue weighted by atomic mass is 10.2. The normalized spacial score (nSPS) is 11.2. The molecule has 132 valence electrons. The van der Waals surface area contributed by atoms with Crippen molar-refractivity contribution in [3.8, 4) is 0 Å². The summed E-state index contributed by atoms with van der Waals surface area (Å²) in [5.74, 6) is -0.372. The van der Waals surface area contributed by atoms with Crippen molar-refractivity contribution < 1.29 is 4.79 Å². The third-order valence-corrected chi connectivity index (χ3v) is 4.11. The van der Waals surface area contributed by atoms with Crippen LogP contribution < -0.4 is 16.6 Å². The molecule has 7 nitrogen and oxygen atoms in total. The quantitative estimate of drug-likeness (QED) is 0.714. The standard InChI is InChI=1S/C18H15ClN4O3/c1-22-16-14(17(25)23(2)18(22)26)9-13(10-20-16)21-15(24)8-5-11-3-6-12(19)7-4-11/h3-10H,1-2H3,(H,21,24)/b8-5+. The maximum absolute atomic E-state index is 12.2. The molecule has 26 heavy (non-hydrogen) atoms. The largest absolute Gasteiger partial charge is 0.332 e. The van der Waals surface area contributed by atoms with Gasteiger partial charge in [-0.15, -0.1) is 0 Å². The maximum atomic E-state index is 12.2. The highest BCUT2D eigenvalue weighted by Gasteiger charge is 2.10. The van der Waals surface area contributed by atoms with Crippen molar-refractivity contribution in [2.24, 2.45) is 14.1 Å². The molecular formula is C18H15ClN4O3. The number of amides is 1. The van der Waals surface area contributed by atoms with Crippen LogP contribution in [0.4, 0.5) is 5.69 Å². The molecule has 0 fully saturated rings. The number of carbonyl (C=O) groups excluding carboxylic acids is 1. The molecular weight excluding hydrogens is 356 g/mol. The second-order valence-electron chi connectivity index (χ2n) is 5.68. The number of nitrogens with one attached hydrogen (secondary N) is 1. The third kappa shape index (κ3) is 3.43. The fourth-order valence-corrected chi connectivity index (χ4v) is 2.59. The van der Waals surface area contributed by atoms with Gasteiger partial charge in [-0.1, -0.05) is 23.7 Å². The first kappa shape index (κ1) is 17.6. The van der Waals surface area contributed by atoms with Gasteiger partial charge in [0.25, 0.3) is 5.56 Å². The van der Waals surface area contributed by atoms with Crippen molar-refractivity contribution in [1.29, 1.82) is 0 Å². The molecule has 0 radical (unpaired) electrons. The van der Waals surface area contributed by atoms with Crippen LogP contribution in [-0.2, 0) is 18.9 Å².